The van der Waals surface area contributed by atoms with Crippen molar-refractivity contribution in [1.29, 1.82) is 0 Å². The zero-order valence-electron chi connectivity index (χ0n) is 17.1. The van der Waals surface area contributed by atoms with Gasteiger partial charge in [-0.25, -0.2) is 4.98 Å². The fourth-order valence-electron chi connectivity index (χ4n) is 4.29. The number of piperidine rings is 1. The predicted octanol–water partition coefficient (Wildman–Crippen LogP) is 4.83. The second-order valence-corrected chi connectivity index (χ2v) is 8.00. The third kappa shape index (κ3) is 3.30. The van der Waals surface area contributed by atoms with Gasteiger partial charge >= 0.3 is 0 Å². The van der Waals surface area contributed by atoms with Gasteiger partial charge in [0.25, 0.3) is 5.91 Å². The van der Waals surface area contributed by atoms with Gasteiger partial charge in [-0.15, -0.1) is 0 Å². The Morgan fingerprint density at radius 3 is 2.61 bits per heavy atom. The van der Waals surface area contributed by atoms with Gasteiger partial charge in [0, 0.05) is 35.8 Å². The van der Waals surface area contributed by atoms with E-state index in [1.165, 1.54) is 6.42 Å². The Labute approximate surface area is 166 Å². The van der Waals surface area contributed by atoms with E-state index < -0.39 is 0 Å². The lowest BCUT2D eigenvalue weighted by atomic mass is 9.95. The van der Waals surface area contributed by atoms with Crippen LogP contribution >= 0.6 is 0 Å². The van der Waals surface area contributed by atoms with Gasteiger partial charge in [-0.3, -0.25) is 9.48 Å². The first-order chi connectivity index (χ1) is 13.5. The van der Waals surface area contributed by atoms with Crippen molar-refractivity contribution >= 4 is 16.8 Å². The Balaban J connectivity index is 1.87. The van der Waals surface area contributed by atoms with Crippen molar-refractivity contribution in [2.75, 3.05) is 0 Å². The van der Waals surface area contributed by atoms with E-state index in [1.807, 2.05) is 29.2 Å². The van der Waals surface area contributed by atoms with E-state index in [-0.39, 0.29) is 18.0 Å². The predicted molar refractivity (Wildman–Crippen MR) is 112 cm³/mol. The minimum absolute atomic E-state index is 0.111. The standard InChI is InChI=1S/C23H28N4O/c1-5-26-14-18(13-24-26)21-12-20(19-10-9-15(2)11-22(19)25-21)23(28)27-16(3)7-6-8-17(27)4/h9-14,16-17H,5-8H2,1-4H3/t16-,17+. The number of carbonyl (C=O) groups excluding carboxylic acids is 1. The van der Waals surface area contributed by atoms with Crippen molar-refractivity contribution in [3.63, 3.8) is 0 Å². The molecule has 3 aromatic rings. The molecule has 146 valence electrons. The number of pyridine rings is 1. The monoisotopic (exact) mass is 376 g/mol. The molecule has 1 aliphatic rings. The highest BCUT2D eigenvalue weighted by molar-refractivity contribution is 6.07. The molecule has 1 saturated heterocycles. The SMILES string of the molecule is CCn1cc(-c2cc(C(=O)N3[C@H](C)CCC[C@@H]3C)c3ccc(C)cc3n2)cn1. The summed E-state index contributed by atoms with van der Waals surface area (Å²) in [5, 5.41) is 5.30. The molecule has 1 aromatic carbocycles. The number of nitrogens with zero attached hydrogens (tertiary/aromatic N) is 4. The normalized spacial score (nSPS) is 19.9. The number of benzene rings is 1. The van der Waals surface area contributed by atoms with Crippen LogP contribution in [0.25, 0.3) is 22.2 Å². The fourth-order valence-corrected chi connectivity index (χ4v) is 4.29. The van der Waals surface area contributed by atoms with Crippen molar-refractivity contribution in [1.82, 2.24) is 19.7 Å². The summed E-state index contributed by atoms with van der Waals surface area (Å²) in [4.78, 5) is 20.6. The van der Waals surface area contributed by atoms with Crippen LogP contribution in [0.5, 0.6) is 0 Å². The van der Waals surface area contributed by atoms with Crippen molar-refractivity contribution in [2.24, 2.45) is 0 Å². The van der Waals surface area contributed by atoms with E-state index in [4.69, 9.17) is 4.98 Å². The summed E-state index contributed by atoms with van der Waals surface area (Å²) in [7, 11) is 0. The number of hydrogen-bond donors (Lipinski definition) is 0. The molecule has 2 atom stereocenters. The zero-order chi connectivity index (χ0) is 19.8. The van der Waals surface area contributed by atoms with Crippen LogP contribution in [0.4, 0.5) is 0 Å². The Bertz CT molecular complexity index is 1010. The summed E-state index contributed by atoms with van der Waals surface area (Å²) in [6, 6.07) is 8.61. The lowest BCUT2D eigenvalue weighted by molar-refractivity contribution is 0.0513. The third-order valence-electron chi connectivity index (χ3n) is 5.88. The minimum atomic E-state index is 0.111. The zero-order valence-corrected chi connectivity index (χ0v) is 17.1. The molecule has 0 radical (unpaired) electrons. The number of aryl methyl sites for hydroxylation is 2. The quantitative estimate of drug-likeness (QED) is 0.658. The Morgan fingerprint density at radius 1 is 1.18 bits per heavy atom. The molecule has 5 nitrogen and oxygen atoms in total. The van der Waals surface area contributed by atoms with Crippen LogP contribution in [-0.2, 0) is 6.54 Å². The molecule has 1 amide bonds. The molecule has 4 rings (SSSR count). The topological polar surface area (TPSA) is 51.0 Å². The molecule has 5 heteroatoms. The highest BCUT2D eigenvalue weighted by Crippen LogP contribution is 2.30. The van der Waals surface area contributed by atoms with Gasteiger partial charge in [0.05, 0.1) is 23.0 Å². The first-order valence-electron chi connectivity index (χ1n) is 10.2. The number of hydrogen-bond acceptors (Lipinski definition) is 3. The number of carbonyl (C=O) groups is 1. The first-order valence-corrected chi connectivity index (χ1v) is 10.2. The number of rotatable bonds is 3. The van der Waals surface area contributed by atoms with Crippen LogP contribution in [0.2, 0.25) is 0 Å². The van der Waals surface area contributed by atoms with E-state index in [0.717, 1.165) is 52.7 Å². The lowest BCUT2D eigenvalue weighted by Crippen LogP contribution is -2.47. The van der Waals surface area contributed by atoms with Crippen molar-refractivity contribution in [3.05, 3.63) is 47.8 Å². The first kappa shape index (κ1) is 18.7. The van der Waals surface area contributed by atoms with E-state index in [0.29, 0.717) is 0 Å². The molecule has 28 heavy (non-hydrogen) atoms. The van der Waals surface area contributed by atoms with Gasteiger partial charge < -0.3 is 4.90 Å². The molecule has 3 heterocycles. The average Bonchev–Trinajstić information content (AvgIpc) is 3.16. The van der Waals surface area contributed by atoms with Gasteiger partial charge in [-0.05, 0) is 64.7 Å². The smallest absolute Gasteiger partial charge is 0.255 e. The number of amides is 1. The van der Waals surface area contributed by atoms with Crippen LogP contribution in [-0.4, -0.2) is 37.7 Å². The molecule has 1 aliphatic heterocycles. The van der Waals surface area contributed by atoms with Crippen LogP contribution in [0.3, 0.4) is 0 Å². The molecule has 2 aromatic heterocycles. The molecular weight excluding hydrogens is 348 g/mol. The highest BCUT2D eigenvalue weighted by atomic mass is 16.2. The average molecular weight is 377 g/mol. The van der Waals surface area contributed by atoms with Crippen LogP contribution in [0.15, 0.2) is 36.7 Å². The maximum Gasteiger partial charge on any atom is 0.255 e. The van der Waals surface area contributed by atoms with E-state index >= 15 is 0 Å². The number of fused-ring (bicyclic) bond motifs is 1. The van der Waals surface area contributed by atoms with Crippen molar-refractivity contribution in [3.8, 4) is 11.3 Å². The van der Waals surface area contributed by atoms with Gasteiger partial charge in [0.2, 0.25) is 0 Å². The summed E-state index contributed by atoms with van der Waals surface area (Å²) >= 11 is 0. The van der Waals surface area contributed by atoms with Gasteiger partial charge in [-0.2, -0.15) is 5.10 Å². The second-order valence-electron chi connectivity index (χ2n) is 8.00. The highest BCUT2D eigenvalue weighted by Gasteiger charge is 2.31. The Kier molecular flexibility index (Phi) is 4.92. The largest absolute Gasteiger partial charge is 0.333 e. The third-order valence-corrected chi connectivity index (χ3v) is 5.88. The fraction of sp³-hybridized carbons (Fsp3) is 0.435. The van der Waals surface area contributed by atoms with E-state index in [9.17, 15) is 4.79 Å². The van der Waals surface area contributed by atoms with Crippen LogP contribution < -0.4 is 0 Å². The van der Waals surface area contributed by atoms with E-state index in [2.05, 4.69) is 49.8 Å². The van der Waals surface area contributed by atoms with Crippen LogP contribution in [0.1, 0.15) is 56.0 Å². The summed E-state index contributed by atoms with van der Waals surface area (Å²) in [6.07, 6.45) is 7.13. The summed E-state index contributed by atoms with van der Waals surface area (Å²) < 4.78 is 1.88. The molecule has 0 spiro atoms. The second kappa shape index (κ2) is 7.38. The Hall–Kier alpha value is -2.69. The molecule has 1 fully saturated rings. The van der Waals surface area contributed by atoms with Crippen molar-refractivity contribution in [2.45, 2.75) is 65.6 Å². The summed E-state index contributed by atoms with van der Waals surface area (Å²) in [5.41, 5.74) is 4.49. The van der Waals surface area contributed by atoms with Crippen LogP contribution in [0, 0.1) is 6.92 Å². The maximum atomic E-state index is 13.6. The van der Waals surface area contributed by atoms with E-state index in [1.54, 1.807) is 0 Å². The Morgan fingerprint density at radius 2 is 1.93 bits per heavy atom. The molecule has 0 saturated carbocycles. The minimum Gasteiger partial charge on any atom is -0.333 e. The lowest BCUT2D eigenvalue weighted by Gasteiger charge is -2.39. The van der Waals surface area contributed by atoms with Gasteiger partial charge in [-0.1, -0.05) is 12.1 Å². The molecule has 0 bridgehead atoms. The summed E-state index contributed by atoms with van der Waals surface area (Å²) in [5.74, 6) is 0.111. The summed E-state index contributed by atoms with van der Waals surface area (Å²) in [6.45, 7) is 9.24. The van der Waals surface area contributed by atoms with Gasteiger partial charge in [0.1, 0.15) is 0 Å². The maximum absolute atomic E-state index is 13.6. The molecular formula is C23H28N4O. The number of likely N-dealkylation sites (tertiary alicyclic amines) is 1. The molecule has 0 aliphatic carbocycles. The number of aromatic nitrogens is 3. The van der Waals surface area contributed by atoms with Gasteiger partial charge in [0.15, 0.2) is 0 Å². The van der Waals surface area contributed by atoms with Crippen molar-refractivity contribution < 1.29 is 4.79 Å². The molecule has 0 unspecified atom stereocenters. The molecule has 0 N–H and O–H groups in total.